The van der Waals surface area contributed by atoms with Crippen LogP contribution in [-0.4, -0.2) is 6.03 Å². The summed E-state index contributed by atoms with van der Waals surface area (Å²) in [5.74, 6) is 0. The van der Waals surface area contributed by atoms with E-state index in [9.17, 15) is 4.79 Å². The molecular formula is C18H19ClN2O. The molecule has 1 aliphatic carbocycles. The Morgan fingerprint density at radius 1 is 1.14 bits per heavy atom. The molecule has 1 saturated carbocycles. The van der Waals surface area contributed by atoms with Gasteiger partial charge in [-0.3, -0.25) is 0 Å². The van der Waals surface area contributed by atoms with Crippen LogP contribution < -0.4 is 10.6 Å². The van der Waals surface area contributed by atoms with Gasteiger partial charge in [-0.2, -0.15) is 0 Å². The van der Waals surface area contributed by atoms with Crippen molar-refractivity contribution < 1.29 is 4.79 Å². The fourth-order valence-electron chi connectivity index (χ4n) is 2.82. The van der Waals surface area contributed by atoms with E-state index < -0.39 is 0 Å². The molecule has 2 amide bonds. The van der Waals surface area contributed by atoms with Crippen LogP contribution >= 0.6 is 11.6 Å². The van der Waals surface area contributed by atoms with Gasteiger partial charge >= 0.3 is 6.03 Å². The Labute approximate surface area is 135 Å². The van der Waals surface area contributed by atoms with Crippen molar-refractivity contribution in [2.24, 2.45) is 0 Å². The van der Waals surface area contributed by atoms with Gasteiger partial charge in [0.2, 0.25) is 0 Å². The summed E-state index contributed by atoms with van der Waals surface area (Å²) in [5.41, 5.74) is 2.63. The molecule has 2 aromatic carbocycles. The molecule has 0 bridgehead atoms. The summed E-state index contributed by atoms with van der Waals surface area (Å²) in [6.07, 6.45) is 3.07. The Morgan fingerprint density at radius 3 is 2.45 bits per heavy atom. The molecule has 1 fully saturated rings. The SMILES string of the molecule is Cc1ccc(NC(=O)NC2(c3ccccc3)CCC2)cc1Cl. The molecule has 1 aliphatic rings. The highest BCUT2D eigenvalue weighted by Gasteiger charge is 2.39. The maximum atomic E-state index is 12.3. The molecule has 114 valence electrons. The zero-order valence-corrected chi connectivity index (χ0v) is 13.3. The van der Waals surface area contributed by atoms with E-state index in [2.05, 4.69) is 22.8 Å². The lowest BCUT2D eigenvalue weighted by Crippen LogP contribution is -2.52. The average Bonchev–Trinajstić information content (AvgIpc) is 2.48. The van der Waals surface area contributed by atoms with Gasteiger partial charge in [0.25, 0.3) is 0 Å². The van der Waals surface area contributed by atoms with Crippen molar-refractivity contribution in [2.45, 2.75) is 31.7 Å². The quantitative estimate of drug-likeness (QED) is 0.835. The van der Waals surface area contributed by atoms with Crippen LogP contribution in [0.4, 0.5) is 10.5 Å². The highest BCUT2D eigenvalue weighted by Crippen LogP contribution is 2.41. The number of carbonyl (C=O) groups is 1. The lowest BCUT2D eigenvalue weighted by Gasteiger charge is -2.43. The summed E-state index contributed by atoms with van der Waals surface area (Å²) < 4.78 is 0. The van der Waals surface area contributed by atoms with Gasteiger partial charge in [0, 0.05) is 10.7 Å². The number of hydrogen-bond donors (Lipinski definition) is 2. The van der Waals surface area contributed by atoms with Crippen LogP contribution in [0.15, 0.2) is 48.5 Å². The molecule has 0 spiro atoms. The van der Waals surface area contributed by atoms with Gasteiger partial charge in [-0.25, -0.2) is 4.79 Å². The van der Waals surface area contributed by atoms with Crippen LogP contribution in [0.5, 0.6) is 0 Å². The van der Waals surface area contributed by atoms with Crippen molar-refractivity contribution in [3.8, 4) is 0 Å². The molecule has 0 aliphatic heterocycles. The molecule has 0 radical (unpaired) electrons. The van der Waals surface area contributed by atoms with E-state index in [4.69, 9.17) is 11.6 Å². The van der Waals surface area contributed by atoms with Crippen molar-refractivity contribution in [3.05, 3.63) is 64.7 Å². The molecule has 22 heavy (non-hydrogen) atoms. The molecule has 3 nitrogen and oxygen atoms in total. The fraction of sp³-hybridized carbons (Fsp3) is 0.278. The second-order valence-electron chi connectivity index (χ2n) is 5.84. The van der Waals surface area contributed by atoms with Crippen LogP contribution in [0.3, 0.4) is 0 Å². The van der Waals surface area contributed by atoms with Crippen LogP contribution in [0.25, 0.3) is 0 Å². The minimum Gasteiger partial charge on any atom is -0.328 e. The monoisotopic (exact) mass is 314 g/mol. The second kappa shape index (κ2) is 6.01. The Balaban J connectivity index is 1.71. The topological polar surface area (TPSA) is 41.1 Å². The van der Waals surface area contributed by atoms with E-state index in [0.717, 1.165) is 24.8 Å². The van der Waals surface area contributed by atoms with Gasteiger partial charge < -0.3 is 10.6 Å². The number of rotatable bonds is 3. The van der Waals surface area contributed by atoms with Gasteiger partial charge in [-0.15, -0.1) is 0 Å². The fourth-order valence-corrected chi connectivity index (χ4v) is 3.00. The number of anilines is 1. The van der Waals surface area contributed by atoms with E-state index in [0.29, 0.717) is 10.7 Å². The van der Waals surface area contributed by atoms with E-state index in [1.165, 1.54) is 5.56 Å². The maximum Gasteiger partial charge on any atom is 0.319 e. The van der Waals surface area contributed by atoms with E-state index in [-0.39, 0.29) is 11.6 Å². The number of carbonyl (C=O) groups excluding carboxylic acids is 1. The minimum atomic E-state index is -0.236. The summed E-state index contributed by atoms with van der Waals surface area (Å²) in [6, 6.07) is 15.5. The van der Waals surface area contributed by atoms with Crippen LogP contribution in [0.1, 0.15) is 30.4 Å². The number of nitrogens with one attached hydrogen (secondary N) is 2. The second-order valence-corrected chi connectivity index (χ2v) is 6.25. The Bertz CT molecular complexity index is 681. The van der Waals surface area contributed by atoms with Crippen LogP contribution in [0, 0.1) is 6.92 Å². The number of aryl methyl sites for hydroxylation is 1. The first-order valence-electron chi connectivity index (χ1n) is 7.50. The number of urea groups is 1. The molecule has 2 N–H and O–H groups in total. The third-order valence-electron chi connectivity index (χ3n) is 4.32. The summed E-state index contributed by atoms with van der Waals surface area (Å²) in [6.45, 7) is 1.94. The van der Waals surface area contributed by atoms with Gasteiger partial charge in [0.1, 0.15) is 0 Å². The summed E-state index contributed by atoms with van der Waals surface area (Å²) >= 11 is 6.09. The number of halogens is 1. The molecule has 0 atom stereocenters. The zero-order valence-electron chi connectivity index (χ0n) is 12.5. The van der Waals surface area contributed by atoms with Gasteiger partial charge in [-0.05, 0) is 49.4 Å². The van der Waals surface area contributed by atoms with Crippen molar-refractivity contribution >= 4 is 23.3 Å². The van der Waals surface area contributed by atoms with Crippen LogP contribution in [0.2, 0.25) is 5.02 Å². The van der Waals surface area contributed by atoms with Gasteiger partial charge in [0.15, 0.2) is 0 Å². The average molecular weight is 315 g/mol. The number of hydrogen-bond acceptors (Lipinski definition) is 1. The number of benzene rings is 2. The molecule has 4 heteroatoms. The molecule has 0 saturated heterocycles. The molecule has 0 aromatic heterocycles. The molecule has 2 aromatic rings. The molecule has 0 heterocycles. The predicted octanol–water partition coefficient (Wildman–Crippen LogP) is 4.85. The van der Waals surface area contributed by atoms with E-state index >= 15 is 0 Å². The Morgan fingerprint density at radius 2 is 1.86 bits per heavy atom. The maximum absolute atomic E-state index is 12.3. The third kappa shape index (κ3) is 2.95. The first kappa shape index (κ1) is 14.9. The Hall–Kier alpha value is -2.00. The first-order chi connectivity index (χ1) is 10.6. The highest BCUT2D eigenvalue weighted by atomic mass is 35.5. The minimum absolute atomic E-state index is 0.191. The molecule has 3 rings (SSSR count). The largest absolute Gasteiger partial charge is 0.328 e. The first-order valence-corrected chi connectivity index (χ1v) is 7.88. The smallest absolute Gasteiger partial charge is 0.319 e. The van der Waals surface area contributed by atoms with Crippen LogP contribution in [-0.2, 0) is 5.54 Å². The van der Waals surface area contributed by atoms with Crippen molar-refractivity contribution in [1.82, 2.24) is 5.32 Å². The highest BCUT2D eigenvalue weighted by molar-refractivity contribution is 6.31. The molecular weight excluding hydrogens is 296 g/mol. The zero-order chi connectivity index (χ0) is 15.6. The van der Waals surface area contributed by atoms with E-state index in [1.54, 1.807) is 6.07 Å². The lowest BCUT2D eigenvalue weighted by molar-refractivity contribution is 0.185. The van der Waals surface area contributed by atoms with Crippen molar-refractivity contribution in [3.63, 3.8) is 0 Å². The number of amides is 2. The van der Waals surface area contributed by atoms with Crippen molar-refractivity contribution in [1.29, 1.82) is 0 Å². The normalized spacial score (nSPS) is 15.7. The predicted molar refractivity (Wildman–Crippen MR) is 90.3 cm³/mol. The molecule has 0 unspecified atom stereocenters. The Kier molecular flexibility index (Phi) is 4.08. The van der Waals surface area contributed by atoms with Gasteiger partial charge in [-0.1, -0.05) is 48.0 Å². The van der Waals surface area contributed by atoms with E-state index in [1.807, 2.05) is 37.3 Å². The summed E-state index contributed by atoms with van der Waals surface area (Å²) in [5, 5.41) is 6.66. The van der Waals surface area contributed by atoms with Gasteiger partial charge in [0.05, 0.1) is 5.54 Å². The summed E-state index contributed by atoms with van der Waals surface area (Å²) in [7, 11) is 0. The lowest BCUT2D eigenvalue weighted by atomic mass is 9.72. The summed E-state index contributed by atoms with van der Waals surface area (Å²) in [4.78, 5) is 12.3. The third-order valence-corrected chi connectivity index (χ3v) is 4.72. The van der Waals surface area contributed by atoms with Crippen molar-refractivity contribution in [2.75, 3.05) is 5.32 Å². The standard InChI is InChI=1S/C18H19ClN2O/c1-13-8-9-15(12-16(13)19)20-17(22)21-18(10-5-11-18)14-6-3-2-4-7-14/h2-4,6-9,12H,5,10-11H2,1H3,(H2,20,21,22).